The van der Waals surface area contributed by atoms with Crippen molar-refractivity contribution in [1.82, 2.24) is 9.13 Å². The fourth-order valence-electron chi connectivity index (χ4n) is 20.5. The Balaban J connectivity index is 0.986. The third-order valence-electron chi connectivity index (χ3n) is 27.2. The van der Waals surface area contributed by atoms with Crippen LogP contribution in [-0.2, 0) is 37.9 Å². The van der Waals surface area contributed by atoms with Crippen LogP contribution in [0.3, 0.4) is 0 Å². The molecule has 4 nitrogen and oxygen atoms in total. The van der Waals surface area contributed by atoms with Crippen LogP contribution in [-0.4, -0.2) is 15.8 Å². The van der Waals surface area contributed by atoms with Gasteiger partial charge in [0.2, 0.25) is 0 Å². The zero-order valence-electron chi connectivity index (χ0n) is 85.5. The van der Waals surface area contributed by atoms with E-state index in [1.54, 1.807) is 0 Å². The molecule has 2 aliphatic heterocycles. The lowest BCUT2D eigenvalue weighted by Crippen LogP contribution is -2.61. The van der Waals surface area contributed by atoms with E-state index >= 15 is 0 Å². The second kappa shape index (κ2) is 28.9. The van der Waals surface area contributed by atoms with Crippen LogP contribution in [0.25, 0.3) is 111 Å². The highest BCUT2D eigenvalue weighted by atomic mass is 15.2. The predicted octanol–water partition coefficient (Wildman–Crippen LogP) is 30.8. The number of fused-ring (bicyclic) bond motifs is 13. The summed E-state index contributed by atoms with van der Waals surface area (Å²) >= 11 is 0. The maximum Gasteiger partial charge on any atom is 0.252 e. The van der Waals surface area contributed by atoms with E-state index in [2.05, 4.69) is 386 Å². The summed E-state index contributed by atoms with van der Waals surface area (Å²) in [4.78, 5) is 5.18. The monoisotopic (exact) mass is 1640 g/mol. The van der Waals surface area contributed by atoms with Crippen LogP contribution < -0.4 is 26.2 Å². The Labute approximate surface area is 759 Å². The van der Waals surface area contributed by atoms with Gasteiger partial charge in [0.25, 0.3) is 6.71 Å². The summed E-state index contributed by atoms with van der Waals surface area (Å²) in [7, 11) is 0. The Morgan fingerprint density at radius 2 is 0.683 bits per heavy atom. The van der Waals surface area contributed by atoms with Gasteiger partial charge in [-0.15, -0.1) is 0 Å². The smallest absolute Gasteiger partial charge is 0.252 e. The number of hydrogen-bond acceptors (Lipinski definition) is 2. The minimum absolute atomic E-state index is 0.166. The van der Waals surface area contributed by atoms with E-state index in [9.17, 15) is 13.7 Å². The lowest BCUT2D eigenvalue weighted by molar-refractivity contribution is 0.590. The number of rotatable bonds is 10. The van der Waals surface area contributed by atoms with E-state index in [0.717, 1.165) is 144 Å². The molecule has 1 aliphatic carbocycles. The largest absolute Gasteiger partial charge is 0.311 e. The fourth-order valence-corrected chi connectivity index (χ4v) is 20.5. The summed E-state index contributed by atoms with van der Waals surface area (Å²) in [5, 5.41) is 4.58. The number of benzene rings is 16. The summed E-state index contributed by atoms with van der Waals surface area (Å²) in [6, 6.07) is 99.0. The molecule has 18 aromatic rings. The molecule has 5 heteroatoms. The maximum absolute atomic E-state index is 10.3. The molecule has 0 radical (unpaired) electrons. The van der Waals surface area contributed by atoms with Gasteiger partial charge >= 0.3 is 0 Å². The standard InChI is InChI=1S/C121H111BN4/c1-115(2,3)82-54-62-103(95(66-82)76-37-24-19-25-38-76)125-109-73-88(123-104-63-55-83(116(4,5)6)67-98(104)99-68-84(117(7,8)9)56-64-105(99)123)57-60-101(109)122-102-65-79(90-48-36-49-94-91-47-34-35-50-100(91)121(112(90)94,80-43-30-22-31-44-80)81-45-32-23-33-46-81)51-61-106(102)126(114-96(77-39-26-20-27-40-77)69-87(120(16,17)18)70-97(114)78-41-28-21-29-42-78)111-75-89(74-110(125)113(111)122)124-107-71-85(118(10,11)12)52-58-92(107)93-59-53-86(72-108(93)124)119(13,14)15/h19-75H,1-18H3/i22D,23D,30D,31D,32D,33D,43D,44D,45D,46D. The van der Waals surface area contributed by atoms with Crippen LogP contribution in [0, 0.1) is 0 Å². The van der Waals surface area contributed by atoms with Crippen LogP contribution >= 0.6 is 0 Å². The maximum atomic E-state index is 10.3. The Morgan fingerprint density at radius 3 is 1.21 bits per heavy atom. The Hall–Kier alpha value is -13.2. The van der Waals surface area contributed by atoms with Crippen molar-refractivity contribution in [2.45, 2.75) is 163 Å². The SMILES string of the molecule is [2H]c1c([2H])c([2H])c(C2(c3c([2H])c([2H])c([2H])c([2H])c3[2H])c3ccccc3-c3cccc(-c4ccc5c(c4)B4c6ccc(-n7c8ccc(C(C)(C)C)cc8c8cc(C(C)(C)C)ccc87)cc6N(c6ccc(C(C)(C)C)cc6-c6ccccc6)c6cc(-n7c8cc(C(C)(C)C)ccc8c8ccc(C(C)(C)C)cc87)cc(c64)N5c4c(-c5ccccc5)cc(C(C)(C)C)cc4-c4ccccc4)c32)c([2H])c1[2H]. The average Bonchev–Trinajstić information content (AvgIpc) is 1.42. The third-order valence-corrected chi connectivity index (χ3v) is 27.2. The molecule has 0 fully saturated rings. The van der Waals surface area contributed by atoms with E-state index in [1.807, 2.05) is 42.5 Å². The van der Waals surface area contributed by atoms with Crippen LogP contribution in [0.1, 0.15) is 194 Å². The zero-order valence-corrected chi connectivity index (χ0v) is 75.5. The van der Waals surface area contributed by atoms with Crippen molar-refractivity contribution < 1.29 is 13.7 Å². The molecule has 0 atom stereocenters. The van der Waals surface area contributed by atoms with E-state index in [1.165, 1.54) is 27.8 Å². The van der Waals surface area contributed by atoms with Gasteiger partial charge in [-0.25, -0.2) is 0 Å². The second-order valence-electron chi connectivity index (χ2n) is 41.4. The molecule has 618 valence electrons. The highest BCUT2D eigenvalue weighted by molar-refractivity contribution is 7.00. The molecule has 21 rings (SSSR count). The molecule has 0 bridgehead atoms. The second-order valence-corrected chi connectivity index (χ2v) is 41.4. The third kappa shape index (κ3) is 12.8. The molecule has 0 saturated heterocycles. The minimum atomic E-state index is -2.18. The highest BCUT2D eigenvalue weighted by Gasteiger charge is 2.50. The molecule has 0 amide bonds. The summed E-state index contributed by atoms with van der Waals surface area (Å²) in [6.07, 6.45) is 0. The molecule has 0 unspecified atom stereocenters. The summed E-state index contributed by atoms with van der Waals surface area (Å²) in [6.45, 7) is 40.7. The fraction of sp³-hybridized carbons (Fsp3) is 0.207. The average molecular weight is 1640 g/mol. The number of nitrogens with zero attached hydrogens (tertiary/aromatic N) is 4. The number of hydrogen-bond donors (Lipinski definition) is 0. The molecule has 2 aromatic heterocycles. The van der Waals surface area contributed by atoms with Gasteiger partial charge in [0.05, 0.1) is 58.3 Å². The Kier molecular flexibility index (Phi) is 15.9. The topological polar surface area (TPSA) is 16.3 Å². The van der Waals surface area contributed by atoms with Crippen LogP contribution in [0.4, 0.5) is 34.1 Å². The van der Waals surface area contributed by atoms with Gasteiger partial charge in [-0.2, -0.15) is 0 Å². The molecule has 126 heavy (non-hydrogen) atoms. The number of aromatic nitrogens is 2. The predicted molar refractivity (Wildman–Crippen MR) is 540 cm³/mol. The molecule has 0 N–H and O–H groups in total. The van der Waals surface area contributed by atoms with Gasteiger partial charge in [-0.05, 0) is 234 Å². The van der Waals surface area contributed by atoms with Gasteiger partial charge in [0, 0.05) is 66.7 Å². The summed E-state index contributed by atoms with van der Waals surface area (Å²) in [5.41, 5.74) is 27.0. The first-order chi connectivity index (χ1) is 64.4. The first kappa shape index (κ1) is 69.1. The normalized spacial score (nSPS) is 14.9. The van der Waals surface area contributed by atoms with Crippen molar-refractivity contribution in [3.05, 3.63) is 401 Å². The van der Waals surface area contributed by atoms with E-state index in [0.29, 0.717) is 33.4 Å². The first-order valence-corrected chi connectivity index (χ1v) is 44.6. The summed E-state index contributed by atoms with van der Waals surface area (Å²) < 4.78 is 103. The van der Waals surface area contributed by atoms with Crippen LogP contribution in [0.5, 0.6) is 0 Å². The van der Waals surface area contributed by atoms with Crippen molar-refractivity contribution in [2.24, 2.45) is 0 Å². The van der Waals surface area contributed by atoms with Gasteiger partial charge in [-0.3, -0.25) is 0 Å². The zero-order chi connectivity index (χ0) is 95.9. The molecule has 0 spiro atoms. The van der Waals surface area contributed by atoms with Gasteiger partial charge in [-0.1, -0.05) is 379 Å². The number of anilines is 6. The first-order valence-electron chi connectivity index (χ1n) is 49.6. The van der Waals surface area contributed by atoms with Crippen molar-refractivity contribution in [1.29, 1.82) is 0 Å². The van der Waals surface area contributed by atoms with E-state index in [-0.39, 0.29) is 43.6 Å². The lowest BCUT2D eigenvalue weighted by Gasteiger charge is -2.46. The van der Waals surface area contributed by atoms with Crippen molar-refractivity contribution in [3.63, 3.8) is 0 Å². The molecular weight excluding hydrogens is 1520 g/mol. The van der Waals surface area contributed by atoms with Crippen LogP contribution in [0.15, 0.2) is 346 Å². The van der Waals surface area contributed by atoms with E-state index < -0.39 is 72.6 Å². The van der Waals surface area contributed by atoms with Crippen molar-refractivity contribution >= 4 is 101 Å². The van der Waals surface area contributed by atoms with Gasteiger partial charge < -0.3 is 18.9 Å². The van der Waals surface area contributed by atoms with Crippen molar-refractivity contribution in [2.75, 3.05) is 9.80 Å². The molecule has 16 aromatic carbocycles. The molecular formula is C121H111BN4. The highest BCUT2D eigenvalue weighted by Crippen LogP contribution is 2.61. The van der Waals surface area contributed by atoms with Crippen molar-refractivity contribution in [3.8, 4) is 67.0 Å². The van der Waals surface area contributed by atoms with Crippen LogP contribution in [0.2, 0.25) is 0 Å². The lowest BCUT2D eigenvalue weighted by atomic mass is 9.33. The minimum Gasteiger partial charge on any atom is -0.311 e. The van der Waals surface area contributed by atoms with Gasteiger partial charge in [0.1, 0.15) is 0 Å². The molecule has 3 aliphatic rings. The van der Waals surface area contributed by atoms with E-state index in [4.69, 9.17) is 0 Å². The van der Waals surface area contributed by atoms with Gasteiger partial charge in [0.15, 0.2) is 0 Å². The Bertz CT molecular complexity index is 7770. The quantitative estimate of drug-likeness (QED) is 0.127. The molecule has 0 saturated carbocycles. The Morgan fingerprint density at radius 1 is 0.262 bits per heavy atom. The summed E-state index contributed by atoms with van der Waals surface area (Å²) in [5.74, 6) is 0. The molecule has 4 heterocycles.